The van der Waals surface area contributed by atoms with Gasteiger partial charge in [0.1, 0.15) is 0 Å². The number of aliphatic hydroxyl groups is 1. The molecule has 2 atom stereocenters. The largest absolute Gasteiger partial charge is 0.393 e. The monoisotopic (exact) mass is 228 g/mol. The second kappa shape index (κ2) is 4.53. The average molecular weight is 228 g/mol. The molecule has 2 heterocycles. The molecule has 0 radical (unpaired) electrons. The molecule has 1 fully saturated rings. The summed E-state index contributed by atoms with van der Waals surface area (Å²) in [6, 6.07) is 0.363. The predicted octanol–water partition coefficient (Wildman–Crippen LogP) is 0.851. The highest BCUT2D eigenvalue weighted by Gasteiger charge is 2.31. The van der Waals surface area contributed by atoms with E-state index in [-0.39, 0.29) is 12.0 Å². The van der Waals surface area contributed by atoms with E-state index < -0.39 is 0 Å². The van der Waals surface area contributed by atoms with Crippen molar-refractivity contribution < 1.29 is 9.90 Å². The maximum Gasteiger partial charge on any atom is 0.258 e. The van der Waals surface area contributed by atoms with E-state index in [1.807, 2.05) is 6.92 Å². The van der Waals surface area contributed by atoms with Gasteiger partial charge in [-0.2, -0.15) is 4.99 Å². The van der Waals surface area contributed by atoms with Gasteiger partial charge in [-0.05, 0) is 26.2 Å². The van der Waals surface area contributed by atoms with E-state index in [1.54, 1.807) is 0 Å². The first-order chi connectivity index (χ1) is 7.16. The molecule has 0 aliphatic carbocycles. The van der Waals surface area contributed by atoms with Crippen molar-refractivity contribution in [1.29, 1.82) is 0 Å². The van der Waals surface area contributed by atoms with Crippen molar-refractivity contribution in [3.05, 3.63) is 0 Å². The summed E-state index contributed by atoms with van der Waals surface area (Å²) in [4.78, 5) is 17.3. The number of rotatable bonds is 2. The summed E-state index contributed by atoms with van der Waals surface area (Å²) in [6.45, 7) is 2.78. The Hall–Kier alpha value is -0.550. The average Bonchev–Trinajstić information content (AvgIpc) is 2.72. The minimum atomic E-state index is -0.279. The first-order valence-corrected chi connectivity index (χ1v) is 6.34. The van der Waals surface area contributed by atoms with Gasteiger partial charge in [0.25, 0.3) is 5.91 Å². The number of aliphatic hydroxyl groups excluding tert-OH is 1. The van der Waals surface area contributed by atoms with Crippen LogP contribution in [-0.2, 0) is 4.79 Å². The molecule has 84 valence electrons. The lowest BCUT2D eigenvalue weighted by Crippen LogP contribution is -2.35. The molecule has 1 N–H and O–H groups in total. The Kier molecular flexibility index (Phi) is 3.31. The molecule has 4 nitrogen and oxygen atoms in total. The van der Waals surface area contributed by atoms with Crippen LogP contribution >= 0.6 is 11.8 Å². The second-order valence-electron chi connectivity index (χ2n) is 4.15. The second-order valence-corrected chi connectivity index (χ2v) is 5.09. The number of aliphatic imine (C=N–C) groups is 1. The van der Waals surface area contributed by atoms with Crippen LogP contribution in [0, 0.1) is 0 Å². The normalized spacial score (nSPS) is 28.4. The van der Waals surface area contributed by atoms with Crippen LogP contribution in [0.1, 0.15) is 26.2 Å². The summed E-state index contributed by atoms with van der Waals surface area (Å²) >= 11 is 1.52. The van der Waals surface area contributed by atoms with Crippen LogP contribution in [0.15, 0.2) is 4.99 Å². The van der Waals surface area contributed by atoms with Crippen LogP contribution in [0.25, 0.3) is 0 Å². The number of nitrogens with zero attached hydrogens (tertiary/aromatic N) is 2. The summed E-state index contributed by atoms with van der Waals surface area (Å²) in [5, 5.41) is 10.2. The minimum Gasteiger partial charge on any atom is -0.393 e. The summed E-state index contributed by atoms with van der Waals surface area (Å²) in [6.07, 6.45) is 2.72. The van der Waals surface area contributed by atoms with Gasteiger partial charge in [-0.1, -0.05) is 11.8 Å². The first kappa shape index (κ1) is 11.0. The molecule has 0 aromatic heterocycles. The standard InChI is InChI=1S/C10H16N2O2S/c1-7(13)5-8-3-2-4-12(8)10-11-9(14)6-15-10/h7-8,13H,2-6H2,1H3. The molecule has 15 heavy (non-hydrogen) atoms. The number of hydrogen-bond acceptors (Lipinski definition) is 4. The van der Waals surface area contributed by atoms with E-state index in [4.69, 9.17) is 0 Å². The van der Waals surface area contributed by atoms with E-state index in [0.717, 1.165) is 31.0 Å². The fourth-order valence-electron chi connectivity index (χ4n) is 2.17. The molecule has 0 aromatic rings. The van der Waals surface area contributed by atoms with Gasteiger partial charge in [0.2, 0.25) is 0 Å². The molecule has 2 aliphatic heterocycles. The SMILES string of the molecule is CC(O)CC1CCCN1C1=NC(=O)CS1. The zero-order valence-electron chi connectivity index (χ0n) is 8.85. The first-order valence-electron chi connectivity index (χ1n) is 5.36. The fourth-order valence-corrected chi connectivity index (χ4v) is 3.06. The lowest BCUT2D eigenvalue weighted by Gasteiger charge is -2.26. The van der Waals surface area contributed by atoms with E-state index >= 15 is 0 Å². The molecule has 5 heteroatoms. The third-order valence-corrected chi connectivity index (χ3v) is 3.76. The van der Waals surface area contributed by atoms with Gasteiger partial charge in [0.15, 0.2) is 5.17 Å². The Morgan fingerprint density at radius 1 is 1.73 bits per heavy atom. The molecule has 0 bridgehead atoms. The van der Waals surface area contributed by atoms with Crippen LogP contribution in [0.5, 0.6) is 0 Å². The Morgan fingerprint density at radius 3 is 3.13 bits per heavy atom. The maximum absolute atomic E-state index is 11.1. The van der Waals surface area contributed by atoms with Crippen LogP contribution < -0.4 is 0 Å². The van der Waals surface area contributed by atoms with Gasteiger partial charge in [0.05, 0.1) is 11.9 Å². The third kappa shape index (κ3) is 2.52. The molecule has 0 spiro atoms. The van der Waals surface area contributed by atoms with Gasteiger partial charge in [-0.25, -0.2) is 0 Å². The van der Waals surface area contributed by atoms with Crippen molar-refractivity contribution in [2.45, 2.75) is 38.3 Å². The number of amidine groups is 1. The molecular weight excluding hydrogens is 212 g/mol. The van der Waals surface area contributed by atoms with Crippen LogP contribution in [0.2, 0.25) is 0 Å². The molecular formula is C10H16N2O2S. The highest BCUT2D eigenvalue weighted by Crippen LogP contribution is 2.27. The number of carbonyl (C=O) groups excluding carboxylic acids is 1. The topological polar surface area (TPSA) is 52.9 Å². The molecule has 2 aliphatic rings. The number of likely N-dealkylation sites (tertiary alicyclic amines) is 1. The predicted molar refractivity (Wildman–Crippen MR) is 60.9 cm³/mol. The summed E-state index contributed by atoms with van der Waals surface area (Å²) in [5.41, 5.74) is 0. The smallest absolute Gasteiger partial charge is 0.258 e. The Bertz CT molecular complexity index is 291. The van der Waals surface area contributed by atoms with Gasteiger partial charge in [0, 0.05) is 12.6 Å². The van der Waals surface area contributed by atoms with E-state index in [0.29, 0.717) is 11.8 Å². The summed E-state index contributed by atoms with van der Waals surface area (Å²) in [5.74, 6) is 0.449. The van der Waals surface area contributed by atoms with Gasteiger partial charge in [-0.3, -0.25) is 4.79 Å². The van der Waals surface area contributed by atoms with Crippen molar-refractivity contribution in [2.75, 3.05) is 12.3 Å². The molecule has 1 saturated heterocycles. The van der Waals surface area contributed by atoms with Crippen molar-refractivity contribution >= 4 is 22.8 Å². The van der Waals surface area contributed by atoms with E-state index in [1.165, 1.54) is 11.8 Å². The molecule has 2 unspecified atom stereocenters. The number of amides is 1. The van der Waals surface area contributed by atoms with Crippen molar-refractivity contribution in [3.8, 4) is 0 Å². The van der Waals surface area contributed by atoms with Crippen molar-refractivity contribution in [2.24, 2.45) is 4.99 Å². The van der Waals surface area contributed by atoms with E-state index in [2.05, 4.69) is 9.89 Å². The fraction of sp³-hybridized carbons (Fsp3) is 0.800. The van der Waals surface area contributed by atoms with Crippen LogP contribution in [0.3, 0.4) is 0 Å². The Morgan fingerprint density at radius 2 is 2.53 bits per heavy atom. The number of thioether (sulfide) groups is 1. The van der Waals surface area contributed by atoms with Crippen molar-refractivity contribution in [1.82, 2.24) is 4.90 Å². The van der Waals surface area contributed by atoms with Crippen LogP contribution in [-0.4, -0.2) is 45.5 Å². The summed E-state index contributed by atoms with van der Waals surface area (Å²) in [7, 11) is 0. The van der Waals surface area contributed by atoms with Crippen LogP contribution in [0.4, 0.5) is 0 Å². The van der Waals surface area contributed by atoms with Gasteiger partial charge in [-0.15, -0.1) is 0 Å². The number of carbonyl (C=O) groups is 1. The maximum atomic E-state index is 11.1. The van der Waals surface area contributed by atoms with Gasteiger partial charge >= 0.3 is 0 Å². The third-order valence-electron chi connectivity index (χ3n) is 2.78. The molecule has 0 aromatic carbocycles. The zero-order chi connectivity index (χ0) is 10.8. The molecule has 2 rings (SSSR count). The Balaban J connectivity index is 2.01. The number of hydrogen-bond donors (Lipinski definition) is 1. The molecule has 1 amide bonds. The minimum absolute atomic E-state index is 0.0299. The Labute approximate surface area is 93.7 Å². The summed E-state index contributed by atoms with van der Waals surface area (Å²) < 4.78 is 0. The van der Waals surface area contributed by atoms with Crippen molar-refractivity contribution in [3.63, 3.8) is 0 Å². The van der Waals surface area contributed by atoms with E-state index in [9.17, 15) is 9.90 Å². The quantitative estimate of drug-likeness (QED) is 0.761. The lowest BCUT2D eigenvalue weighted by atomic mass is 10.1. The highest BCUT2D eigenvalue weighted by atomic mass is 32.2. The molecule has 0 saturated carbocycles. The zero-order valence-corrected chi connectivity index (χ0v) is 9.66. The van der Waals surface area contributed by atoms with Gasteiger partial charge < -0.3 is 10.0 Å². The highest BCUT2D eigenvalue weighted by molar-refractivity contribution is 8.14. The lowest BCUT2D eigenvalue weighted by molar-refractivity contribution is -0.115.